The van der Waals surface area contributed by atoms with E-state index in [1.807, 2.05) is 26.0 Å². The molecule has 94 valence electrons. The molecule has 1 aliphatic heterocycles. The Hall–Kier alpha value is -0.870. The smallest absolute Gasteiger partial charge is 0.153 e. The molecule has 1 heterocycles. The Morgan fingerprint density at radius 1 is 1.24 bits per heavy atom. The van der Waals surface area contributed by atoms with Crippen LogP contribution in [0.15, 0.2) is 18.2 Å². The molecule has 4 heteroatoms. The fourth-order valence-electron chi connectivity index (χ4n) is 2.59. The highest BCUT2D eigenvalue weighted by atomic mass is 32.2. The molecule has 2 rings (SSSR count). The molecule has 1 N–H and O–H groups in total. The quantitative estimate of drug-likeness (QED) is 0.868. The van der Waals surface area contributed by atoms with Gasteiger partial charge in [-0.25, -0.2) is 8.42 Å². The van der Waals surface area contributed by atoms with Crippen LogP contribution in [0.3, 0.4) is 0 Å². The summed E-state index contributed by atoms with van der Waals surface area (Å²) < 4.78 is 22.8. The van der Waals surface area contributed by atoms with Gasteiger partial charge >= 0.3 is 0 Å². The first kappa shape index (κ1) is 12.6. The van der Waals surface area contributed by atoms with Gasteiger partial charge in [0.2, 0.25) is 0 Å². The van der Waals surface area contributed by atoms with Gasteiger partial charge in [-0.05, 0) is 25.8 Å². The molecule has 1 aliphatic rings. The van der Waals surface area contributed by atoms with E-state index in [1.165, 1.54) is 0 Å². The van der Waals surface area contributed by atoms with Crippen LogP contribution in [-0.2, 0) is 16.3 Å². The van der Waals surface area contributed by atoms with Gasteiger partial charge in [-0.3, -0.25) is 0 Å². The van der Waals surface area contributed by atoms with Gasteiger partial charge < -0.3 is 5.11 Å². The fraction of sp³-hybridized carbons (Fsp3) is 0.538. The average molecular weight is 254 g/mol. The summed E-state index contributed by atoms with van der Waals surface area (Å²) >= 11 is 0. The third-order valence-electron chi connectivity index (χ3n) is 3.18. The molecule has 0 spiro atoms. The molecule has 0 bridgehead atoms. The molecule has 1 atom stereocenters. The summed E-state index contributed by atoms with van der Waals surface area (Å²) in [7, 11) is -3.04. The van der Waals surface area contributed by atoms with Gasteiger partial charge in [-0.2, -0.15) is 0 Å². The molecule has 3 nitrogen and oxygen atoms in total. The number of rotatable bonds is 2. The minimum Gasteiger partial charge on any atom is -0.388 e. The van der Waals surface area contributed by atoms with Crippen LogP contribution >= 0.6 is 0 Å². The summed E-state index contributed by atoms with van der Waals surface area (Å²) in [5, 5.41) is 10.3. The summed E-state index contributed by atoms with van der Waals surface area (Å²) in [5.74, 6) is 0.00128. The molecule has 0 amide bonds. The van der Waals surface area contributed by atoms with E-state index in [4.69, 9.17) is 0 Å². The summed E-state index contributed by atoms with van der Waals surface area (Å²) in [6.45, 7) is 4.01. The third kappa shape index (κ3) is 3.07. The molecule has 1 saturated heterocycles. The first-order valence-electron chi connectivity index (χ1n) is 5.78. The van der Waals surface area contributed by atoms with E-state index in [2.05, 4.69) is 6.07 Å². The number of hydrogen-bond donors (Lipinski definition) is 1. The zero-order valence-corrected chi connectivity index (χ0v) is 11.0. The first-order valence-corrected chi connectivity index (χ1v) is 7.60. The Labute approximate surface area is 102 Å². The van der Waals surface area contributed by atoms with Crippen LogP contribution in [0.25, 0.3) is 0 Å². The number of hydrogen-bond acceptors (Lipinski definition) is 3. The van der Waals surface area contributed by atoms with Crippen molar-refractivity contribution in [3.63, 3.8) is 0 Å². The van der Waals surface area contributed by atoms with Crippen molar-refractivity contribution in [2.75, 3.05) is 11.5 Å². The minimum absolute atomic E-state index is 0.104. The highest BCUT2D eigenvalue weighted by Gasteiger charge is 2.40. The molecule has 0 saturated carbocycles. The maximum atomic E-state index is 11.4. The van der Waals surface area contributed by atoms with E-state index in [1.54, 1.807) is 0 Å². The molecule has 0 aliphatic carbocycles. The Kier molecular flexibility index (Phi) is 3.04. The van der Waals surface area contributed by atoms with Crippen LogP contribution in [0.4, 0.5) is 0 Å². The number of benzene rings is 1. The maximum absolute atomic E-state index is 11.4. The van der Waals surface area contributed by atoms with Gasteiger partial charge in [0.05, 0.1) is 17.1 Å². The van der Waals surface area contributed by atoms with Crippen LogP contribution in [0, 0.1) is 13.8 Å². The second kappa shape index (κ2) is 4.10. The lowest BCUT2D eigenvalue weighted by Gasteiger charge is -2.21. The lowest BCUT2D eigenvalue weighted by atomic mass is 9.92. The van der Waals surface area contributed by atoms with Gasteiger partial charge in [0.1, 0.15) is 0 Å². The van der Waals surface area contributed by atoms with E-state index in [0.717, 1.165) is 16.7 Å². The second-order valence-corrected chi connectivity index (χ2v) is 7.42. The number of aliphatic hydroxyl groups is 1. The van der Waals surface area contributed by atoms with Crippen LogP contribution in [0.5, 0.6) is 0 Å². The highest BCUT2D eigenvalue weighted by molar-refractivity contribution is 7.91. The van der Waals surface area contributed by atoms with E-state index < -0.39 is 15.4 Å². The van der Waals surface area contributed by atoms with Gasteiger partial charge in [-0.15, -0.1) is 0 Å². The van der Waals surface area contributed by atoms with E-state index in [-0.39, 0.29) is 11.5 Å². The Morgan fingerprint density at radius 2 is 1.82 bits per heavy atom. The van der Waals surface area contributed by atoms with E-state index >= 15 is 0 Å². The Bertz CT molecular complexity index is 513. The molecule has 0 radical (unpaired) electrons. The maximum Gasteiger partial charge on any atom is 0.153 e. The van der Waals surface area contributed by atoms with Crippen LogP contribution in [-0.4, -0.2) is 30.6 Å². The van der Waals surface area contributed by atoms with E-state index in [0.29, 0.717) is 12.8 Å². The number of sulfone groups is 1. The summed E-state index contributed by atoms with van der Waals surface area (Å²) in [5.41, 5.74) is 2.23. The van der Waals surface area contributed by atoms with E-state index in [9.17, 15) is 13.5 Å². The van der Waals surface area contributed by atoms with Crippen LogP contribution in [0.1, 0.15) is 23.1 Å². The molecular weight excluding hydrogens is 236 g/mol. The van der Waals surface area contributed by atoms with Crippen LogP contribution < -0.4 is 0 Å². The predicted octanol–water partition coefficient (Wildman–Crippen LogP) is 1.40. The summed E-state index contributed by atoms with van der Waals surface area (Å²) in [6, 6.07) is 6.09. The van der Waals surface area contributed by atoms with Gasteiger partial charge in [0, 0.05) is 6.42 Å². The molecule has 1 fully saturated rings. The van der Waals surface area contributed by atoms with Gasteiger partial charge in [0.25, 0.3) is 0 Å². The average Bonchev–Trinajstić information content (AvgIpc) is 2.37. The molecule has 17 heavy (non-hydrogen) atoms. The van der Waals surface area contributed by atoms with Crippen molar-refractivity contribution in [1.82, 2.24) is 0 Å². The standard InChI is InChI=1S/C13H18O3S/c1-10-5-11(2)7-12(6-10)8-13(14)3-4-17(15,16)9-13/h5-7,14H,3-4,8-9H2,1-2H3. The molecule has 1 unspecified atom stereocenters. The monoisotopic (exact) mass is 254 g/mol. The second-order valence-electron chi connectivity index (χ2n) is 5.24. The predicted molar refractivity (Wildman–Crippen MR) is 67.8 cm³/mol. The minimum atomic E-state index is -3.04. The zero-order valence-electron chi connectivity index (χ0n) is 10.2. The topological polar surface area (TPSA) is 54.4 Å². The van der Waals surface area contributed by atoms with Crippen LogP contribution in [0.2, 0.25) is 0 Å². The van der Waals surface area contributed by atoms with Crippen molar-refractivity contribution < 1.29 is 13.5 Å². The van der Waals surface area contributed by atoms with Gasteiger partial charge in [-0.1, -0.05) is 29.3 Å². The van der Waals surface area contributed by atoms with Crippen molar-refractivity contribution in [3.8, 4) is 0 Å². The molecular formula is C13H18O3S. The number of aryl methyl sites for hydroxylation is 2. The third-order valence-corrected chi connectivity index (χ3v) is 4.98. The SMILES string of the molecule is Cc1cc(C)cc(CC2(O)CCS(=O)(=O)C2)c1. The van der Waals surface area contributed by atoms with Crippen molar-refractivity contribution >= 4 is 9.84 Å². The highest BCUT2D eigenvalue weighted by Crippen LogP contribution is 2.27. The summed E-state index contributed by atoms with van der Waals surface area (Å²) in [4.78, 5) is 0. The Balaban J connectivity index is 2.21. The lowest BCUT2D eigenvalue weighted by molar-refractivity contribution is 0.0682. The molecule has 1 aromatic rings. The van der Waals surface area contributed by atoms with Gasteiger partial charge in [0.15, 0.2) is 9.84 Å². The van der Waals surface area contributed by atoms with Crippen molar-refractivity contribution in [1.29, 1.82) is 0 Å². The molecule has 1 aromatic carbocycles. The fourth-order valence-corrected chi connectivity index (χ4v) is 4.49. The van der Waals surface area contributed by atoms with Crippen molar-refractivity contribution in [2.45, 2.75) is 32.3 Å². The summed E-state index contributed by atoms with van der Waals surface area (Å²) in [6.07, 6.45) is 0.775. The lowest BCUT2D eigenvalue weighted by Crippen LogP contribution is -2.32. The normalized spacial score (nSPS) is 27.2. The van der Waals surface area contributed by atoms with Crippen molar-refractivity contribution in [3.05, 3.63) is 34.9 Å². The van der Waals surface area contributed by atoms with Crippen molar-refractivity contribution in [2.24, 2.45) is 0 Å². The first-order chi connectivity index (χ1) is 7.78. The Morgan fingerprint density at radius 3 is 2.29 bits per heavy atom. The zero-order chi connectivity index (χ0) is 12.7. The largest absolute Gasteiger partial charge is 0.388 e. The molecule has 0 aromatic heterocycles.